The quantitative estimate of drug-likeness (QED) is 0.761. The number of rotatable bonds is 5. The van der Waals surface area contributed by atoms with Crippen molar-refractivity contribution in [3.63, 3.8) is 0 Å². The van der Waals surface area contributed by atoms with Crippen molar-refractivity contribution >= 4 is 11.8 Å². The summed E-state index contributed by atoms with van der Waals surface area (Å²) >= 11 is 0. The van der Waals surface area contributed by atoms with Gasteiger partial charge in [0.05, 0.1) is 11.5 Å². The molecule has 2 saturated heterocycles. The van der Waals surface area contributed by atoms with E-state index in [1.54, 1.807) is 4.90 Å². The van der Waals surface area contributed by atoms with E-state index >= 15 is 0 Å². The summed E-state index contributed by atoms with van der Waals surface area (Å²) in [5.74, 6) is 0.0664. The molecule has 2 amide bonds. The molecule has 1 atom stereocenters. The first-order valence-electron chi connectivity index (χ1n) is 9.41. The van der Waals surface area contributed by atoms with E-state index in [9.17, 15) is 9.59 Å². The van der Waals surface area contributed by atoms with Crippen LogP contribution in [0, 0.1) is 0 Å². The topological polar surface area (TPSA) is 49.9 Å². The van der Waals surface area contributed by atoms with Crippen LogP contribution >= 0.6 is 0 Å². The molecule has 0 unspecified atom stereocenters. The van der Waals surface area contributed by atoms with E-state index in [4.69, 9.17) is 4.74 Å². The summed E-state index contributed by atoms with van der Waals surface area (Å²) in [5, 5.41) is 0. The van der Waals surface area contributed by atoms with Gasteiger partial charge in [-0.15, -0.1) is 0 Å². The zero-order valence-electron chi connectivity index (χ0n) is 15.5. The number of benzene rings is 1. The number of amides is 2. The molecule has 0 aliphatic carbocycles. The van der Waals surface area contributed by atoms with Crippen LogP contribution in [0.25, 0.3) is 0 Å². The van der Waals surface area contributed by atoms with Crippen LogP contribution in [-0.2, 0) is 19.7 Å². The minimum Gasteiger partial charge on any atom is -0.376 e. The summed E-state index contributed by atoms with van der Waals surface area (Å²) in [7, 11) is 1.87. The van der Waals surface area contributed by atoms with Crippen molar-refractivity contribution in [2.45, 2.75) is 37.2 Å². The van der Waals surface area contributed by atoms with Gasteiger partial charge in [0.15, 0.2) is 0 Å². The first kappa shape index (κ1) is 18.6. The van der Waals surface area contributed by atoms with Gasteiger partial charge < -0.3 is 14.5 Å². The van der Waals surface area contributed by atoms with Crippen molar-refractivity contribution in [2.24, 2.45) is 0 Å². The van der Waals surface area contributed by atoms with Gasteiger partial charge in [-0.2, -0.15) is 0 Å². The standard InChI is InChI=1S/C21H28N2O3/c1-3-19(24)23-13-11-21(12-14-23,17-8-5-4-6-9-17)20(25)22(2)16-18-10-7-15-26-18/h3-6,8-9,18H,1,7,10-16H2,2H3/t18-/m1/s1. The van der Waals surface area contributed by atoms with Crippen LogP contribution in [0.3, 0.4) is 0 Å². The fourth-order valence-electron chi connectivity index (χ4n) is 4.16. The number of hydrogen-bond acceptors (Lipinski definition) is 3. The Bertz CT molecular complexity index is 644. The molecule has 0 spiro atoms. The number of likely N-dealkylation sites (tertiary alicyclic amines) is 1. The molecule has 26 heavy (non-hydrogen) atoms. The van der Waals surface area contributed by atoms with E-state index in [2.05, 4.69) is 6.58 Å². The number of piperidine rings is 1. The van der Waals surface area contributed by atoms with Gasteiger partial charge in [0.1, 0.15) is 0 Å². The maximum Gasteiger partial charge on any atom is 0.245 e. The van der Waals surface area contributed by atoms with E-state index in [1.165, 1.54) is 6.08 Å². The lowest BCUT2D eigenvalue weighted by atomic mass is 9.71. The average molecular weight is 356 g/mol. The number of carbonyl (C=O) groups is 2. The minimum absolute atomic E-state index is 0.0631. The molecule has 0 N–H and O–H groups in total. The van der Waals surface area contributed by atoms with Crippen molar-refractivity contribution in [1.29, 1.82) is 0 Å². The summed E-state index contributed by atoms with van der Waals surface area (Å²) < 4.78 is 5.70. The molecule has 0 bridgehead atoms. The highest BCUT2D eigenvalue weighted by Gasteiger charge is 2.45. The predicted molar refractivity (Wildman–Crippen MR) is 101 cm³/mol. The summed E-state index contributed by atoms with van der Waals surface area (Å²) in [4.78, 5) is 29.1. The van der Waals surface area contributed by atoms with E-state index < -0.39 is 5.41 Å². The molecule has 2 aliphatic rings. The maximum atomic E-state index is 13.5. The smallest absolute Gasteiger partial charge is 0.245 e. The Balaban J connectivity index is 1.81. The Morgan fingerprint density at radius 3 is 2.58 bits per heavy atom. The monoisotopic (exact) mass is 356 g/mol. The predicted octanol–water partition coefficient (Wildman–Crippen LogP) is 2.37. The summed E-state index contributed by atoms with van der Waals surface area (Å²) in [6.07, 6.45) is 4.82. The highest BCUT2D eigenvalue weighted by molar-refractivity contribution is 5.90. The molecule has 2 fully saturated rings. The van der Waals surface area contributed by atoms with E-state index in [0.717, 1.165) is 25.0 Å². The van der Waals surface area contributed by atoms with Crippen LogP contribution < -0.4 is 0 Å². The lowest BCUT2D eigenvalue weighted by molar-refractivity contribution is -0.141. The normalized spacial score (nSPS) is 22.0. The summed E-state index contributed by atoms with van der Waals surface area (Å²) in [6.45, 7) is 6.12. The number of ether oxygens (including phenoxy) is 1. The summed E-state index contributed by atoms with van der Waals surface area (Å²) in [6, 6.07) is 9.98. The van der Waals surface area contributed by atoms with Gasteiger partial charge >= 0.3 is 0 Å². The Hall–Kier alpha value is -2.14. The fourth-order valence-corrected chi connectivity index (χ4v) is 4.16. The third-order valence-electron chi connectivity index (χ3n) is 5.69. The maximum absolute atomic E-state index is 13.5. The van der Waals surface area contributed by atoms with Crippen LogP contribution in [0.2, 0.25) is 0 Å². The number of nitrogens with zero attached hydrogens (tertiary/aromatic N) is 2. The molecular formula is C21H28N2O3. The van der Waals surface area contributed by atoms with Gasteiger partial charge in [-0.3, -0.25) is 9.59 Å². The van der Waals surface area contributed by atoms with Gasteiger partial charge in [-0.1, -0.05) is 36.9 Å². The Morgan fingerprint density at radius 2 is 2.00 bits per heavy atom. The van der Waals surface area contributed by atoms with Crippen molar-refractivity contribution in [1.82, 2.24) is 9.80 Å². The molecule has 0 saturated carbocycles. The second kappa shape index (κ2) is 8.04. The highest BCUT2D eigenvalue weighted by atomic mass is 16.5. The van der Waals surface area contributed by atoms with Crippen LogP contribution in [-0.4, -0.2) is 61.0 Å². The average Bonchev–Trinajstić information content (AvgIpc) is 3.20. The van der Waals surface area contributed by atoms with E-state index in [0.29, 0.717) is 32.5 Å². The first-order chi connectivity index (χ1) is 12.6. The third-order valence-corrected chi connectivity index (χ3v) is 5.69. The van der Waals surface area contributed by atoms with Crippen LogP contribution in [0.5, 0.6) is 0 Å². The molecule has 0 radical (unpaired) electrons. The van der Waals surface area contributed by atoms with Gasteiger partial charge in [0.2, 0.25) is 11.8 Å². The van der Waals surface area contributed by atoms with Gasteiger partial charge in [0, 0.05) is 33.3 Å². The molecule has 5 nitrogen and oxygen atoms in total. The zero-order chi connectivity index (χ0) is 18.6. The van der Waals surface area contributed by atoms with Crippen LogP contribution in [0.15, 0.2) is 43.0 Å². The largest absolute Gasteiger partial charge is 0.376 e. The molecule has 2 aliphatic heterocycles. The highest BCUT2D eigenvalue weighted by Crippen LogP contribution is 2.37. The first-order valence-corrected chi connectivity index (χ1v) is 9.41. The Kier molecular flexibility index (Phi) is 5.77. The fraction of sp³-hybridized carbons (Fsp3) is 0.524. The molecule has 1 aromatic rings. The van der Waals surface area contributed by atoms with Gasteiger partial charge in [-0.05, 0) is 37.3 Å². The minimum atomic E-state index is -0.577. The van der Waals surface area contributed by atoms with E-state index in [-0.39, 0.29) is 17.9 Å². The second-order valence-corrected chi connectivity index (χ2v) is 7.30. The molecule has 1 aromatic carbocycles. The molecule has 140 valence electrons. The van der Waals surface area contributed by atoms with Crippen molar-refractivity contribution in [3.05, 3.63) is 48.6 Å². The van der Waals surface area contributed by atoms with Crippen LogP contribution in [0.4, 0.5) is 0 Å². The lowest BCUT2D eigenvalue weighted by Gasteiger charge is -2.43. The Morgan fingerprint density at radius 1 is 1.31 bits per heavy atom. The summed E-state index contributed by atoms with van der Waals surface area (Å²) in [5.41, 5.74) is 0.460. The number of likely N-dealkylation sites (N-methyl/N-ethyl adjacent to an activating group) is 1. The van der Waals surface area contributed by atoms with Crippen molar-refractivity contribution in [3.8, 4) is 0 Å². The van der Waals surface area contributed by atoms with E-state index in [1.807, 2.05) is 42.3 Å². The molecule has 0 aromatic heterocycles. The lowest BCUT2D eigenvalue weighted by Crippen LogP contribution is -2.53. The van der Waals surface area contributed by atoms with Crippen molar-refractivity contribution < 1.29 is 14.3 Å². The molecule has 2 heterocycles. The molecular weight excluding hydrogens is 328 g/mol. The zero-order valence-corrected chi connectivity index (χ0v) is 15.5. The number of hydrogen-bond donors (Lipinski definition) is 0. The van der Waals surface area contributed by atoms with Gasteiger partial charge in [0.25, 0.3) is 0 Å². The number of carbonyl (C=O) groups excluding carboxylic acids is 2. The van der Waals surface area contributed by atoms with Crippen molar-refractivity contribution in [2.75, 3.05) is 33.3 Å². The molecule has 3 rings (SSSR count). The van der Waals surface area contributed by atoms with Gasteiger partial charge in [-0.25, -0.2) is 0 Å². The second-order valence-electron chi connectivity index (χ2n) is 7.30. The van der Waals surface area contributed by atoms with Crippen LogP contribution in [0.1, 0.15) is 31.2 Å². The molecule has 5 heteroatoms. The Labute approximate surface area is 155 Å². The SMILES string of the molecule is C=CC(=O)N1CCC(C(=O)N(C)C[C@H]2CCCO2)(c2ccccc2)CC1. The third kappa shape index (κ3) is 3.68.